The predicted molar refractivity (Wildman–Crippen MR) is 65.0 cm³/mol. The van der Waals surface area contributed by atoms with Gasteiger partial charge in [-0.15, -0.1) is 0 Å². The van der Waals surface area contributed by atoms with Crippen molar-refractivity contribution >= 4 is 11.4 Å². The fourth-order valence-electron chi connectivity index (χ4n) is 1.67. The summed E-state index contributed by atoms with van der Waals surface area (Å²) in [6.07, 6.45) is 1.78. The first kappa shape index (κ1) is 13.7. The number of nitrogens with two attached hydrogens (primary N) is 1. The Balaban J connectivity index is 2.84. The lowest BCUT2D eigenvalue weighted by molar-refractivity contribution is 0.182. The standard InChI is InChI=1S/C12H18F2N2O/c1-3-4-9(7-17-2)16-11-6-8(13)5-10(14)12(11)15/h5-6,9,16H,3-4,7,15H2,1-2H3. The highest BCUT2D eigenvalue weighted by Gasteiger charge is 2.12. The van der Waals surface area contributed by atoms with Gasteiger partial charge in [-0.3, -0.25) is 0 Å². The van der Waals surface area contributed by atoms with Crippen LogP contribution in [0.25, 0.3) is 0 Å². The zero-order valence-electron chi connectivity index (χ0n) is 10.1. The van der Waals surface area contributed by atoms with E-state index in [-0.39, 0.29) is 17.4 Å². The van der Waals surface area contributed by atoms with E-state index in [0.29, 0.717) is 6.61 Å². The second-order valence-electron chi connectivity index (χ2n) is 3.93. The van der Waals surface area contributed by atoms with Gasteiger partial charge in [0.2, 0.25) is 0 Å². The summed E-state index contributed by atoms with van der Waals surface area (Å²) in [5, 5.41) is 3.00. The number of rotatable bonds is 6. The molecule has 3 N–H and O–H groups in total. The average Bonchev–Trinajstić information content (AvgIpc) is 2.26. The summed E-state index contributed by atoms with van der Waals surface area (Å²) in [5.74, 6) is -1.40. The Kier molecular flexibility index (Phi) is 5.15. The Labute approximate surface area is 100.0 Å². The molecule has 0 aliphatic heterocycles. The summed E-state index contributed by atoms with van der Waals surface area (Å²) in [4.78, 5) is 0. The van der Waals surface area contributed by atoms with Crippen molar-refractivity contribution in [2.75, 3.05) is 24.8 Å². The third kappa shape index (κ3) is 3.85. The molecule has 17 heavy (non-hydrogen) atoms. The van der Waals surface area contributed by atoms with Crippen LogP contribution in [-0.4, -0.2) is 19.8 Å². The minimum Gasteiger partial charge on any atom is -0.395 e. The minimum absolute atomic E-state index is 0.00602. The quantitative estimate of drug-likeness (QED) is 0.756. The molecule has 1 atom stereocenters. The van der Waals surface area contributed by atoms with Crippen molar-refractivity contribution in [1.29, 1.82) is 0 Å². The van der Waals surface area contributed by atoms with E-state index in [4.69, 9.17) is 10.5 Å². The van der Waals surface area contributed by atoms with Crippen molar-refractivity contribution in [3.8, 4) is 0 Å². The van der Waals surface area contributed by atoms with Crippen molar-refractivity contribution in [2.45, 2.75) is 25.8 Å². The van der Waals surface area contributed by atoms with Crippen LogP contribution < -0.4 is 11.1 Å². The summed E-state index contributed by atoms with van der Waals surface area (Å²) in [7, 11) is 1.58. The number of nitrogens with one attached hydrogen (secondary N) is 1. The van der Waals surface area contributed by atoms with Crippen molar-refractivity contribution < 1.29 is 13.5 Å². The smallest absolute Gasteiger partial charge is 0.151 e. The average molecular weight is 244 g/mol. The van der Waals surface area contributed by atoms with Crippen LogP contribution >= 0.6 is 0 Å². The van der Waals surface area contributed by atoms with E-state index in [0.717, 1.165) is 18.9 Å². The fourth-order valence-corrected chi connectivity index (χ4v) is 1.67. The fraction of sp³-hybridized carbons (Fsp3) is 0.500. The number of anilines is 2. The maximum Gasteiger partial charge on any atom is 0.151 e. The normalized spacial score (nSPS) is 12.5. The lowest BCUT2D eigenvalue weighted by Gasteiger charge is -2.19. The molecule has 0 aliphatic rings. The van der Waals surface area contributed by atoms with Crippen LogP contribution in [0.4, 0.5) is 20.2 Å². The first-order valence-electron chi connectivity index (χ1n) is 5.58. The topological polar surface area (TPSA) is 47.3 Å². The molecular weight excluding hydrogens is 226 g/mol. The molecule has 1 unspecified atom stereocenters. The molecule has 1 aromatic carbocycles. The molecule has 0 saturated heterocycles. The predicted octanol–water partition coefficient (Wildman–Crippen LogP) is 2.77. The van der Waals surface area contributed by atoms with E-state index in [1.807, 2.05) is 6.92 Å². The van der Waals surface area contributed by atoms with E-state index in [1.165, 1.54) is 6.07 Å². The highest BCUT2D eigenvalue weighted by atomic mass is 19.1. The zero-order valence-corrected chi connectivity index (χ0v) is 10.1. The molecule has 5 heteroatoms. The summed E-state index contributed by atoms with van der Waals surface area (Å²) >= 11 is 0. The van der Waals surface area contributed by atoms with Gasteiger partial charge >= 0.3 is 0 Å². The maximum atomic E-state index is 13.2. The second kappa shape index (κ2) is 6.39. The van der Waals surface area contributed by atoms with Gasteiger partial charge in [-0.2, -0.15) is 0 Å². The van der Waals surface area contributed by atoms with Crippen molar-refractivity contribution in [2.24, 2.45) is 0 Å². The number of benzene rings is 1. The number of methoxy groups -OCH3 is 1. The van der Waals surface area contributed by atoms with Gasteiger partial charge in [0.05, 0.1) is 18.0 Å². The molecule has 0 bridgehead atoms. The van der Waals surface area contributed by atoms with Gasteiger partial charge in [-0.05, 0) is 12.5 Å². The molecule has 3 nitrogen and oxygen atoms in total. The first-order valence-corrected chi connectivity index (χ1v) is 5.58. The minimum atomic E-state index is -0.750. The van der Waals surface area contributed by atoms with Crippen LogP contribution in [0, 0.1) is 11.6 Å². The summed E-state index contributed by atoms with van der Waals surface area (Å²) in [6, 6.07) is 1.95. The highest BCUT2D eigenvalue weighted by molar-refractivity contribution is 5.67. The number of ether oxygens (including phenoxy) is 1. The van der Waals surface area contributed by atoms with Crippen LogP contribution in [-0.2, 0) is 4.74 Å². The summed E-state index contributed by atoms with van der Waals surface area (Å²) < 4.78 is 31.3. The SMILES string of the molecule is CCCC(COC)Nc1cc(F)cc(F)c1N. The van der Waals surface area contributed by atoms with Gasteiger partial charge in [0.1, 0.15) is 5.82 Å². The second-order valence-corrected chi connectivity index (χ2v) is 3.93. The van der Waals surface area contributed by atoms with E-state index in [9.17, 15) is 8.78 Å². The highest BCUT2D eigenvalue weighted by Crippen LogP contribution is 2.24. The van der Waals surface area contributed by atoms with Crippen LogP contribution in [0.3, 0.4) is 0 Å². The first-order chi connectivity index (χ1) is 8.08. The molecule has 1 rings (SSSR count). The van der Waals surface area contributed by atoms with E-state index < -0.39 is 11.6 Å². The number of hydrogen-bond donors (Lipinski definition) is 2. The molecule has 0 amide bonds. The third-order valence-electron chi connectivity index (χ3n) is 2.46. The molecule has 0 aliphatic carbocycles. The maximum absolute atomic E-state index is 13.2. The van der Waals surface area contributed by atoms with E-state index >= 15 is 0 Å². The van der Waals surface area contributed by atoms with Gasteiger partial charge in [0.25, 0.3) is 0 Å². The van der Waals surface area contributed by atoms with Crippen LogP contribution in [0.1, 0.15) is 19.8 Å². The molecule has 96 valence electrons. The van der Waals surface area contributed by atoms with Crippen molar-refractivity contribution in [1.82, 2.24) is 0 Å². The Morgan fingerprint density at radius 3 is 2.71 bits per heavy atom. The molecule has 0 heterocycles. The van der Waals surface area contributed by atoms with Gasteiger partial charge in [0, 0.05) is 19.2 Å². The Hall–Kier alpha value is -1.36. The van der Waals surface area contributed by atoms with Crippen molar-refractivity contribution in [3.63, 3.8) is 0 Å². The Morgan fingerprint density at radius 1 is 1.41 bits per heavy atom. The molecule has 0 fully saturated rings. The van der Waals surface area contributed by atoms with Crippen LogP contribution in [0.15, 0.2) is 12.1 Å². The van der Waals surface area contributed by atoms with E-state index in [1.54, 1.807) is 7.11 Å². The third-order valence-corrected chi connectivity index (χ3v) is 2.46. The van der Waals surface area contributed by atoms with Crippen LogP contribution in [0.5, 0.6) is 0 Å². The number of hydrogen-bond acceptors (Lipinski definition) is 3. The Morgan fingerprint density at radius 2 is 2.12 bits per heavy atom. The largest absolute Gasteiger partial charge is 0.395 e. The molecule has 0 aromatic heterocycles. The van der Waals surface area contributed by atoms with Crippen LogP contribution in [0.2, 0.25) is 0 Å². The molecule has 0 radical (unpaired) electrons. The molecule has 1 aromatic rings. The Bertz CT molecular complexity index is 366. The number of nitrogen functional groups attached to an aromatic ring is 1. The molecule has 0 saturated carbocycles. The molecular formula is C12H18F2N2O. The van der Waals surface area contributed by atoms with Crippen molar-refractivity contribution in [3.05, 3.63) is 23.8 Å². The molecule has 0 spiro atoms. The lowest BCUT2D eigenvalue weighted by atomic mass is 10.1. The monoisotopic (exact) mass is 244 g/mol. The van der Waals surface area contributed by atoms with Gasteiger partial charge < -0.3 is 15.8 Å². The number of halogens is 2. The van der Waals surface area contributed by atoms with Gasteiger partial charge in [-0.1, -0.05) is 13.3 Å². The zero-order chi connectivity index (χ0) is 12.8. The lowest BCUT2D eigenvalue weighted by Crippen LogP contribution is -2.25. The van der Waals surface area contributed by atoms with Gasteiger partial charge in [0.15, 0.2) is 5.82 Å². The van der Waals surface area contributed by atoms with E-state index in [2.05, 4.69) is 5.32 Å². The van der Waals surface area contributed by atoms with Gasteiger partial charge in [-0.25, -0.2) is 8.78 Å². The summed E-state index contributed by atoms with van der Waals surface area (Å²) in [6.45, 7) is 2.49. The summed E-state index contributed by atoms with van der Waals surface area (Å²) in [5.41, 5.74) is 5.76.